The number of nitrogens with zero attached hydrogens (tertiary/aromatic N) is 1. The van der Waals surface area contributed by atoms with Crippen molar-refractivity contribution in [3.63, 3.8) is 0 Å². The second-order valence-electron chi connectivity index (χ2n) is 10.5. The molecule has 0 radical (unpaired) electrons. The molecule has 2 aliphatic heterocycles. The monoisotopic (exact) mass is 550 g/mol. The van der Waals surface area contributed by atoms with Crippen molar-refractivity contribution in [2.45, 2.75) is 57.6 Å². The topological polar surface area (TPSA) is 165 Å². The molecule has 4 aliphatic rings. The third-order valence-corrected chi connectivity index (χ3v) is 8.40. The Morgan fingerprint density at radius 3 is 2.39 bits per heavy atom. The Kier molecular flexibility index (Phi) is 4.44. The molecular formula is C25H34F3N5O5. The van der Waals surface area contributed by atoms with E-state index >= 15 is 0 Å². The predicted octanol–water partition coefficient (Wildman–Crippen LogP) is 0.212. The van der Waals surface area contributed by atoms with Crippen molar-refractivity contribution in [3.05, 3.63) is 12.2 Å². The number of likely N-dealkylation sites (tertiary alicyclic amines) is 1. The molecule has 0 aromatic carbocycles. The highest BCUT2D eigenvalue weighted by atomic mass is 19.4. The molecule has 5 unspecified atom stereocenters. The Labute approximate surface area is 230 Å². The van der Waals surface area contributed by atoms with Crippen LogP contribution in [0.2, 0.25) is 0 Å². The van der Waals surface area contributed by atoms with E-state index in [0.717, 1.165) is 5.32 Å². The third-order valence-electron chi connectivity index (χ3n) is 8.40. The van der Waals surface area contributed by atoms with Gasteiger partial charge in [-0.1, -0.05) is 32.7 Å². The van der Waals surface area contributed by atoms with E-state index in [1.54, 1.807) is 12.2 Å². The maximum absolute atomic E-state index is 14.7. The van der Waals surface area contributed by atoms with Gasteiger partial charge >= 0.3 is 12.1 Å². The summed E-state index contributed by atoms with van der Waals surface area (Å²) in [6.45, 7) is -13.3. The molecule has 210 valence electrons. The smallest absolute Gasteiger partial charge is 0.369 e. The lowest BCUT2D eigenvalue weighted by atomic mass is 9.64. The van der Waals surface area contributed by atoms with Gasteiger partial charge < -0.3 is 27.0 Å². The van der Waals surface area contributed by atoms with Crippen LogP contribution in [0.4, 0.5) is 13.2 Å². The minimum atomic E-state index is -5.88. The molecule has 0 aromatic heterocycles. The Morgan fingerprint density at radius 1 is 1.21 bits per heavy atom. The number of hydrogen-bond acceptors (Lipinski definition) is 5. The molecule has 38 heavy (non-hydrogen) atoms. The van der Waals surface area contributed by atoms with Gasteiger partial charge in [-0.25, -0.2) is 0 Å². The van der Waals surface area contributed by atoms with E-state index in [1.165, 1.54) is 0 Å². The number of carbonyl (C=O) groups is 5. The van der Waals surface area contributed by atoms with Crippen LogP contribution >= 0.6 is 0 Å². The van der Waals surface area contributed by atoms with Gasteiger partial charge in [0, 0.05) is 37.3 Å². The Hall–Kier alpha value is -3.12. The molecule has 2 aliphatic carbocycles. The first-order valence-corrected chi connectivity index (χ1v) is 12.0. The number of primary amides is 2. The van der Waals surface area contributed by atoms with E-state index in [0.29, 0.717) is 11.3 Å². The first-order valence-electron chi connectivity index (χ1n) is 16.5. The molecule has 6 N–H and O–H groups in total. The molecule has 0 spiro atoms. The van der Waals surface area contributed by atoms with Gasteiger partial charge in [-0.3, -0.25) is 24.0 Å². The van der Waals surface area contributed by atoms with Crippen molar-refractivity contribution in [1.82, 2.24) is 15.5 Å². The highest BCUT2D eigenvalue weighted by molar-refractivity contribution is 6.00. The minimum Gasteiger partial charge on any atom is -0.369 e. The second kappa shape index (κ2) is 9.26. The first kappa shape index (κ1) is 18.2. The Balaban J connectivity index is 2.04. The summed E-state index contributed by atoms with van der Waals surface area (Å²) in [7, 11) is 0. The predicted molar refractivity (Wildman–Crippen MR) is 127 cm³/mol. The fourth-order valence-electron chi connectivity index (χ4n) is 6.92. The number of allylic oxidation sites excluding steroid dienone is 2. The van der Waals surface area contributed by atoms with Crippen molar-refractivity contribution in [2.75, 3.05) is 13.1 Å². The summed E-state index contributed by atoms with van der Waals surface area (Å²) in [6, 6.07) is -3.50. The number of hydrogen-bond donors (Lipinski definition) is 4. The summed E-state index contributed by atoms with van der Waals surface area (Å²) in [6.07, 6.45) is -2.44. The summed E-state index contributed by atoms with van der Waals surface area (Å²) in [4.78, 5) is 67.2. The maximum atomic E-state index is 14.7. The van der Waals surface area contributed by atoms with E-state index in [-0.39, 0.29) is 13.0 Å². The number of amides is 5. The number of carbonyl (C=O) groups excluding carboxylic acids is 5. The van der Waals surface area contributed by atoms with Crippen molar-refractivity contribution in [2.24, 2.45) is 52.4 Å². The van der Waals surface area contributed by atoms with Crippen LogP contribution in [0.25, 0.3) is 0 Å². The van der Waals surface area contributed by atoms with Crippen LogP contribution in [-0.2, 0) is 24.0 Å². The SMILES string of the molecule is [2H]C([2H])([2H])C([C@H](NC(=O)C(F)(F)F)C(=O)N1CC2C3C=CC(C3)C2C1(C(N)=O)[C@H](C[C@H]1CCNC1=O)C(N)=O)(C([2H])([2H])[2H])C([2H])([2H])[2H]. The number of fused-ring (bicyclic) bond motifs is 5. The van der Waals surface area contributed by atoms with E-state index in [1.807, 2.05) is 0 Å². The van der Waals surface area contributed by atoms with Crippen molar-refractivity contribution >= 4 is 29.5 Å². The minimum absolute atomic E-state index is 0.149. The molecule has 2 bridgehead atoms. The van der Waals surface area contributed by atoms with E-state index in [4.69, 9.17) is 23.8 Å². The molecular weight excluding hydrogens is 507 g/mol. The van der Waals surface area contributed by atoms with Crippen LogP contribution in [0, 0.1) is 40.9 Å². The van der Waals surface area contributed by atoms with Crippen LogP contribution in [0.1, 0.15) is 52.2 Å². The van der Waals surface area contributed by atoms with Crippen molar-refractivity contribution in [3.8, 4) is 0 Å². The molecule has 0 aromatic rings. The highest BCUT2D eigenvalue weighted by Crippen LogP contribution is 2.61. The van der Waals surface area contributed by atoms with Gasteiger partial charge in [0.05, 0.1) is 5.92 Å². The van der Waals surface area contributed by atoms with Crippen molar-refractivity contribution < 1.29 is 49.5 Å². The standard InChI is InChI=1S/C25H34F3N5O5/c1-23(2,3)17(32-22(38)25(26,27)28)20(36)33-10-14-11-4-5-12(8-11)16(14)24(33,21(30)37)15(18(29)34)9-13-6-7-31-19(13)35/h4-5,11-17H,6-10H2,1-3H3,(H2,29,34)(H2,30,37)(H,31,35)(H,32,38)/t11?,12?,13-,14?,15-,16?,17-,24?/m1/s1/i1D3,2D3,3D3. The van der Waals surface area contributed by atoms with Gasteiger partial charge in [-0.05, 0) is 42.4 Å². The summed E-state index contributed by atoms with van der Waals surface area (Å²) in [5, 5.41) is 3.58. The van der Waals surface area contributed by atoms with Crippen LogP contribution in [0.15, 0.2) is 12.2 Å². The quantitative estimate of drug-likeness (QED) is 0.332. The lowest BCUT2D eigenvalue weighted by molar-refractivity contribution is -0.177. The summed E-state index contributed by atoms with van der Waals surface area (Å²) >= 11 is 0. The zero-order valence-electron chi connectivity index (χ0n) is 29.0. The van der Waals surface area contributed by atoms with Crippen LogP contribution in [-0.4, -0.2) is 65.3 Å². The number of alkyl halides is 3. The van der Waals surface area contributed by atoms with E-state index < -0.39 is 122 Å². The molecule has 2 heterocycles. The molecule has 5 amide bonds. The van der Waals surface area contributed by atoms with Gasteiger partial charge in [0.15, 0.2) is 0 Å². The van der Waals surface area contributed by atoms with E-state index in [2.05, 4.69) is 5.32 Å². The number of nitrogens with one attached hydrogen (secondary N) is 2. The number of rotatable bonds is 7. The molecule has 13 heteroatoms. The van der Waals surface area contributed by atoms with Gasteiger partial charge in [0.2, 0.25) is 23.6 Å². The van der Waals surface area contributed by atoms with Gasteiger partial charge in [-0.15, -0.1) is 0 Å². The van der Waals surface area contributed by atoms with E-state index in [9.17, 15) is 37.1 Å². The van der Waals surface area contributed by atoms with Crippen LogP contribution in [0.5, 0.6) is 0 Å². The fraction of sp³-hybridized carbons (Fsp3) is 0.720. The lowest BCUT2D eigenvalue weighted by Gasteiger charge is -2.47. The molecule has 2 saturated heterocycles. The van der Waals surface area contributed by atoms with Crippen molar-refractivity contribution in [1.29, 1.82) is 0 Å². The Bertz CT molecular complexity index is 1350. The number of nitrogens with two attached hydrogens (primary N) is 2. The molecule has 4 rings (SSSR count). The van der Waals surface area contributed by atoms with Crippen LogP contribution in [0.3, 0.4) is 0 Å². The average Bonchev–Trinajstić information content (AvgIpc) is 3.65. The lowest BCUT2D eigenvalue weighted by Crippen LogP contribution is -2.70. The first-order chi connectivity index (χ1) is 21.3. The molecule has 1 saturated carbocycles. The molecule has 10 nitrogen and oxygen atoms in total. The fourth-order valence-corrected chi connectivity index (χ4v) is 6.92. The molecule has 3 fully saturated rings. The van der Waals surface area contributed by atoms with Gasteiger partial charge in [0.25, 0.3) is 0 Å². The normalized spacial score (nSPS) is 38.1. The summed E-state index contributed by atoms with van der Waals surface area (Å²) in [5.41, 5.74) is 4.76. The number of halogens is 3. The highest BCUT2D eigenvalue weighted by Gasteiger charge is 2.70. The summed E-state index contributed by atoms with van der Waals surface area (Å²) < 4.78 is 113. The summed E-state index contributed by atoms with van der Waals surface area (Å²) in [5.74, 6) is -13.9. The molecule has 8 atom stereocenters. The zero-order chi connectivity index (χ0) is 35.9. The maximum Gasteiger partial charge on any atom is 0.471 e. The zero-order valence-corrected chi connectivity index (χ0v) is 20.0. The third kappa shape index (κ3) is 4.33. The largest absolute Gasteiger partial charge is 0.471 e. The Morgan fingerprint density at radius 2 is 1.87 bits per heavy atom. The average molecular weight is 551 g/mol. The van der Waals surface area contributed by atoms with Gasteiger partial charge in [-0.2, -0.15) is 13.2 Å². The van der Waals surface area contributed by atoms with Crippen LogP contribution < -0.4 is 22.1 Å². The second-order valence-corrected chi connectivity index (χ2v) is 10.5. The van der Waals surface area contributed by atoms with Gasteiger partial charge in [0.1, 0.15) is 11.6 Å².